The molecule has 0 spiro atoms. The molecule has 0 fully saturated rings. The van der Waals surface area contributed by atoms with Gasteiger partial charge in [0.15, 0.2) is 0 Å². The minimum Gasteiger partial charge on any atom is -0.419 e. The van der Waals surface area contributed by atoms with E-state index in [4.69, 9.17) is 4.79 Å². The van der Waals surface area contributed by atoms with E-state index < -0.39 is 0 Å². The predicted octanol–water partition coefficient (Wildman–Crippen LogP) is 0.272. The monoisotopic (exact) mass is 323 g/mol. The average molecular weight is 325 g/mol. The first-order chi connectivity index (χ1) is 1.91. The zero-order valence-corrected chi connectivity index (χ0v) is 9.32. The first kappa shape index (κ1) is 32.8. The Bertz CT molecular complexity index is 38.3. The summed E-state index contributed by atoms with van der Waals surface area (Å²) in [6, 6.07) is 0. The molecule has 0 saturated heterocycles. The van der Waals surface area contributed by atoms with E-state index in [0.717, 1.165) is 6.08 Å². The molecular formula is C3H3CrCu2OZr-. The van der Waals surface area contributed by atoms with Crippen LogP contribution in [0.2, 0.25) is 0 Å². The third-order valence-electron chi connectivity index (χ3n) is 0.0833. The minimum absolute atomic E-state index is 0. The fourth-order valence-corrected chi connectivity index (χ4v) is 0. The molecule has 0 amide bonds. The van der Waals surface area contributed by atoms with Crippen molar-refractivity contribution in [3.63, 3.8) is 0 Å². The molecule has 2 radical (unpaired) electrons. The van der Waals surface area contributed by atoms with Crippen LogP contribution in [0.3, 0.4) is 0 Å². The van der Waals surface area contributed by atoms with Crippen LogP contribution in [-0.4, -0.2) is 6.29 Å². The molecule has 0 aromatic rings. The molecule has 0 unspecified atom stereocenters. The SMILES string of the molecule is C=C[C-]=O.[Cr].[Cu].[Cu].[Zr]. The smallest absolute Gasteiger partial charge is 0 e. The Morgan fingerprint density at radius 3 is 1.50 bits per heavy atom. The summed E-state index contributed by atoms with van der Waals surface area (Å²) < 4.78 is 0. The maximum atomic E-state index is 8.93. The third kappa shape index (κ3) is 45.2. The maximum absolute atomic E-state index is 8.93. The second-order valence-electron chi connectivity index (χ2n) is 0.322. The molecule has 0 bridgehead atoms. The van der Waals surface area contributed by atoms with Gasteiger partial charge >= 0.3 is 0 Å². The molecule has 0 heterocycles. The Balaban J connectivity index is -0.00000000750. The van der Waals surface area contributed by atoms with Crippen molar-refractivity contribution in [1.29, 1.82) is 0 Å². The normalized spacial score (nSPS) is 2.50. The Hall–Kier alpha value is 1.86. The molecule has 0 rings (SSSR count). The molecule has 0 N–H and O–H groups in total. The van der Waals surface area contributed by atoms with E-state index in [1.165, 1.54) is 6.29 Å². The summed E-state index contributed by atoms with van der Waals surface area (Å²) >= 11 is 0. The zero-order valence-electron chi connectivity index (χ0n) is 3.70. The number of carbonyl (C=O) groups excluding carboxylic acids is 1. The van der Waals surface area contributed by atoms with Crippen LogP contribution in [0, 0.1) is 0 Å². The van der Waals surface area contributed by atoms with Gasteiger partial charge in [-0.3, -0.25) is 0 Å². The van der Waals surface area contributed by atoms with Gasteiger partial charge in [0.25, 0.3) is 0 Å². The Labute approximate surface area is 100 Å². The van der Waals surface area contributed by atoms with Crippen LogP contribution in [0.1, 0.15) is 0 Å². The van der Waals surface area contributed by atoms with Crippen molar-refractivity contribution in [2.24, 2.45) is 0 Å². The number of allylic oxidation sites excluding steroid dienone is 1. The van der Waals surface area contributed by atoms with Crippen molar-refractivity contribution < 1.29 is 82.5 Å². The maximum Gasteiger partial charge on any atom is 0 e. The molecule has 0 aliphatic carbocycles. The van der Waals surface area contributed by atoms with Crippen LogP contribution in [0.5, 0.6) is 0 Å². The summed E-state index contributed by atoms with van der Waals surface area (Å²) in [5.41, 5.74) is 0. The van der Waals surface area contributed by atoms with Crippen LogP contribution in [-0.2, 0) is 82.5 Å². The standard InChI is InChI=1S/C3H3O.Cr.2Cu.Zr/c1-2-3-4;;;;/h2H,1H2;;;;/q-1;;;;. The second-order valence-corrected chi connectivity index (χ2v) is 0.322. The van der Waals surface area contributed by atoms with Crippen molar-refractivity contribution >= 4 is 6.29 Å². The van der Waals surface area contributed by atoms with Gasteiger partial charge in [0.05, 0.1) is 0 Å². The summed E-state index contributed by atoms with van der Waals surface area (Å²) in [6.45, 7) is 3.06. The van der Waals surface area contributed by atoms with E-state index in [2.05, 4.69) is 6.58 Å². The van der Waals surface area contributed by atoms with Crippen molar-refractivity contribution in [1.82, 2.24) is 0 Å². The summed E-state index contributed by atoms with van der Waals surface area (Å²) in [6.07, 6.45) is 2.51. The van der Waals surface area contributed by atoms with Crippen molar-refractivity contribution in [3.8, 4) is 0 Å². The summed E-state index contributed by atoms with van der Waals surface area (Å²) in [5.74, 6) is 0. The zero-order chi connectivity index (χ0) is 3.41. The largest absolute Gasteiger partial charge is 0.419 e. The van der Waals surface area contributed by atoms with Gasteiger partial charge in [-0.2, -0.15) is 0 Å². The Morgan fingerprint density at radius 1 is 1.38 bits per heavy atom. The van der Waals surface area contributed by atoms with E-state index in [9.17, 15) is 0 Å². The van der Waals surface area contributed by atoms with Crippen molar-refractivity contribution in [2.45, 2.75) is 0 Å². The summed E-state index contributed by atoms with van der Waals surface area (Å²) in [4.78, 5) is 8.93. The van der Waals surface area contributed by atoms with Gasteiger partial charge in [-0.05, 0) is 6.29 Å². The molecule has 0 aromatic heterocycles. The number of rotatable bonds is 1. The molecule has 5 heteroatoms. The number of hydrogen-bond donors (Lipinski definition) is 0. The van der Waals surface area contributed by atoms with E-state index in [1.807, 2.05) is 0 Å². The third-order valence-corrected chi connectivity index (χ3v) is 0.0833. The van der Waals surface area contributed by atoms with Crippen molar-refractivity contribution in [2.75, 3.05) is 0 Å². The van der Waals surface area contributed by atoms with Crippen LogP contribution in [0.25, 0.3) is 0 Å². The minimum atomic E-state index is 0. The second kappa shape index (κ2) is 36.7. The molecule has 0 atom stereocenters. The molecule has 0 aliphatic rings. The summed E-state index contributed by atoms with van der Waals surface area (Å²) in [5, 5.41) is 0. The predicted molar refractivity (Wildman–Crippen MR) is 15.9 cm³/mol. The fourth-order valence-electron chi connectivity index (χ4n) is 0. The Morgan fingerprint density at radius 2 is 1.50 bits per heavy atom. The first-order valence-corrected chi connectivity index (χ1v) is 0.901. The van der Waals surface area contributed by atoms with E-state index in [-0.39, 0.29) is 77.7 Å². The van der Waals surface area contributed by atoms with Gasteiger partial charge in [0, 0.05) is 77.7 Å². The topological polar surface area (TPSA) is 17.1 Å². The van der Waals surface area contributed by atoms with Crippen molar-refractivity contribution in [3.05, 3.63) is 12.7 Å². The van der Waals surface area contributed by atoms with Crippen LogP contribution in [0.15, 0.2) is 12.7 Å². The van der Waals surface area contributed by atoms with Crippen LogP contribution >= 0.6 is 0 Å². The molecule has 0 aliphatic heterocycles. The van der Waals surface area contributed by atoms with Gasteiger partial charge in [0.2, 0.25) is 0 Å². The molecule has 54 valence electrons. The summed E-state index contributed by atoms with van der Waals surface area (Å²) in [7, 11) is 0. The molecule has 8 heavy (non-hydrogen) atoms. The van der Waals surface area contributed by atoms with Crippen LogP contribution < -0.4 is 0 Å². The molecule has 0 saturated carbocycles. The molecule has 0 aromatic carbocycles. The molecule has 1 nitrogen and oxygen atoms in total. The van der Waals surface area contributed by atoms with E-state index in [1.54, 1.807) is 0 Å². The van der Waals surface area contributed by atoms with E-state index >= 15 is 0 Å². The average Bonchev–Trinajstić information content (AvgIpc) is 1.37. The van der Waals surface area contributed by atoms with Gasteiger partial charge in [0.1, 0.15) is 0 Å². The fraction of sp³-hybridized carbons (Fsp3) is 0. The van der Waals surface area contributed by atoms with Crippen LogP contribution in [0.4, 0.5) is 0 Å². The Kier molecular flexibility index (Phi) is 150. The number of hydrogen-bond acceptors (Lipinski definition) is 1. The van der Waals surface area contributed by atoms with Gasteiger partial charge in [-0.1, -0.05) is 0 Å². The quantitative estimate of drug-likeness (QED) is 0.384. The first-order valence-electron chi connectivity index (χ1n) is 0.901. The molecular weight excluding hydrogens is 322 g/mol. The van der Waals surface area contributed by atoms with Gasteiger partial charge < -0.3 is 4.79 Å². The van der Waals surface area contributed by atoms with Gasteiger partial charge in [-0.25, -0.2) is 12.7 Å². The van der Waals surface area contributed by atoms with E-state index in [0.29, 0.717) is 0 Å². The van der Waals surface area contributed by atoms with Gasteiger partial charge in [-0.15, -0.1) is 0 Å².